The lowest BCUT2D eigenvalue weighted by molar-refractivity contribution is -0.143. The topological polar surface area (TPSA) is 112 Å². The minimum absolute atomic E-state index is 0.0289. The number of urea groups is 1. The Hall–Kier alpha value is -2.84. The molecule has 0 spiro atoms. The van der Waals surface area contributed by atoms with E-state index in [0.29, 0.717) is 51.2 Å². The molecule has 0 bridgehead atoms. The normalized spacial score (nSPS) is 18.0. The Morgan fingerprint density at radius 3 is 2.52 bits per heavy atom. The summed E-state index contributed by atoms with van der Waals surface area (Å²) in [6.07, 6.45) is 2.48. The number of anilines is 1. The van der Waals surface area contributed by atoms with Crippen LogP contribution in [0.3, 0.4) is 0 Å². The maximum Gasteiger partial charge on any atom is 0.339 e. The van der Waals surface area contributed by atoms with E-state index in [-0.39, 0.29) is 18.0 Å². The molecular weight excluding hydrogens is 352 g/mol. The Morgan fingerprint density at radius 1 is 1.26 bits per heavy atom. The van der Waals surface area contributed by atoms with Crippen LogP contribution in [-0.4, -0.2) is 71.8 Å². The number of nitrogens with one attached hydrogen (secondary N) is 1. The van der Waals surface area contributed by atoms with E-state index in [4.69, 9.17) is 9.84 Å². The molecular formula is C18H24N4O5. The third kappa shape index (κ3) is 4.47. The molecule has 2 amide bonds. The molecule has 0 aliphatic carbocycles. The number of hydrogen-bond acceptors (Lipinski definition) is 6. The number of nitrogens with zero attached hydrogens (tertiary/aromatic N) is 3. The molecule has 1 aromatic heterocycles. The summed E-state index contributed by atoms with van der Waals surface area (Å²) in [5.74, 6) is -0.782. The molecule has 0 unspecified atom stereocenters. The molecule has 1 aromatic rings. The highest BCUT2D eigenvalue weighted by molar-refractivity contribution is 5.89. The number of aromatic nitrogens is 1. The first-order valence-electron chi connectivity index (χ1n) is 9.14. The molecule has 2 aliphatic heterocycles. The van der Waals surface area contributed by atoms with E-state index in [2.05, 4.69) is 10.3 Å². The van der Waals surface area contributed by atoms with Gasteiger partial charge in [-0.15, -0.1) is 0 Å². The molecule has 3 heterocycles. The predicted molar refractivity (Wildman–Crippen MR) is 96.7 cm³/mol. The number of piperidine rings is 1. The lowest BCUT2D eigenvalue weighted by atomic mass is 9.97. The number of aliphatic carboxylic acids is 1. The minimum atomic E-state index is -0.786. The van der Waals surface area contributed by atoms with Gasteiger partial charge in [0.15, 0.2) is 0 Å². The molecule has 2 aliphatic rings. The van der Waals surface area contributed by atoms with Crippen molar-refractivity contribution in [3.63, 3.8) is 0 Å². The first-order valence-corrected chi connectivity index (χ1v) is 9.14. The zero-order chi connectivity index (χ0) is 19.4. The first kappa shape index (κ1) is 18.9. The molecule has 2 N–H and O–H groups in total. The second-order valence-electron chi connectivity index (χ2n) is 6.78. The Kier molecular flexibility index (Phi) is 5.78. The number of hydrogen-bond donors (Lipinski definition) is 2. The highest BCUT2D eigenvalue weighted by atomic mass is 16.5. The molecule has 9 nitrogen and oxygen atoms in total. The van der Waals surface area contributed by atoms with Gasteiger partial charge < -0.3 is 25.0 Å². The van der Waals surface area contributed by atoms with Gasteiger partial charge in [-0.3, -0.25) is 4.79 Å². The van der Waals surface area contributed by atoms with Crippen LogP contribution in [0.2, 0.25) is 0 Å². The fourth-order valence-electron chi connectivity index (χ4n) is 3.26. The standard InChI is InChI=1S/C18H24N4O5/c1-2-27-17(25)13-3-4-15(19-9-13)22-10-14(11-22)20-18(26)21-7-5-12(6-8-21)16(23)24/h3-4,9,12,14H,2,5-8,10-11H2,1H3,(H,20,26)(H,23,24). The smallest absolute Gasteiger partial charge is 0.339 e. The number of amides is 2. The largest absolute Gasteiger partial charge is 0.481 e. The molecule has 27 heavy (non-hydrogen) atoms. The fraction of sp³-hybridized carbons (Fsp3) is 0.556. The third-order valence-corrected chi connectivity index (χ3v) is 4.92. The second-order valence-corrected chi connectivity index (χ2v) is 6.78. The van der Waals surface area contributed by atoms with Gasteiger partial charge in [0.2, 0.25) is 0 Å². The van der Waals surface area contributed by atoms with E-state index in [9.17, 15) is 14.4 Å². The quantitative estimate of drug-likeness (QED) is 0.736. The van der Waals surface area contributed by atoms with Crippen molar-refractivity contribution in [1.29, 1.82) is 0 Å². The number of pyridine rings is 1. The Bertz CT molecular complexity index is 694. The van der Waals surface area contributed by atoms with Crippen molar-refractivity contribution in [2.24, 2.45) is 5.92 Å². The van der Waals surface area contributed by atoms with Crippen molar-refractivity contribution < 1.29 is 24.2 Å². The van der Waals surface area contributed by atoms with Crippen molar-refractivity contribution in [2.45, 2.75) is 25.8 Å². The van der Waals surface area contributed by atoms with Gasteiger partial charge in [-0.1, -0.05) is 0 Å². The maximum absolute atomic E-state index is 12.3. The number of likely N-dealkylation sites (tertiary alicyclic amines) is 1. The van der Waals surface area contributed by atoms with Crippen LogP contribution in [0.25, 0.3) is 0 Å². The van der Waals surface area contributed by atoms with E-state index >= 15 is 0 Å². The van der Waals surface area contributed by atoms with Crippen LogP contribution in [0.4, 0.5) is 10.6 Å². The number of carbonyl (C=O) groups is 3. The SMILES string of the molecule is CCOC(=O)c1ccc(N2CC(NC(=O)N3CCC(C(=O)O)CC3)C2)nc1. The van der Waals surface area contributed by atoms with Crippen molar-refractivity contribution in [3.8, 4) is 0 Å². The monoisotopic (exact) mass is 376 g/mol. The predicted octanol–water partition coefficient (Wildman–Crippen LogP) is 0.953. The highest BCUT2D eigenvalue weighted by Crippen LogP contribution is 2.20. The van der Waals surface area contributed by atoms with Gasteiger partial charge in [-0.05, 0) is 31.9 Å². The van der Waals surface area contributed by atoms with Crippen LogP contribution in [-0.2, 0) is 9.53 Å². The zero-order valence-electron chi connectivity index (χ0n) is 15.3. The molecule has 0 atom stereocenters. The lowest BCUT2D eigenvalue weighted by Gasteiger charge is -2.41. The van der Waals surface area contributed by atoms with Crippen molar-refractivity contribution in [1.82, 2.24) is 15.2 Å². The molecule has 9 heteroatoms. The van der Waals surface area contributed by atoms with E-state index in [1.54, 1.807) is 24.0 Å². The van der Waals surface area contributed by atoms with Crippen LogP contribution < -0.4 is 10.2 Å². The number of esters is 1. The van der Waals surface area contributed by atoms with Gasteiger partial charge in [-0.25, -0.2) is 14.6 Å². The summed E-state index contributed by atoms with van der Waals surface area (Å²) in [6, 6.07) is 3.33. The highest BCUT2D eigenvalue weighted by Gasteiger charge is 2.32. The Balaban J connectivity index is 1.42. The number of carboxylic acid groups (broad SMARTS) is 1. The Labute approximate surface area is 157 Å². The van der Waals surface area contributed by atoms with Crippen LogP contribution in [0.15, 0.2) is 18.3 Å². The summed E-state index contributed by atoms with van der Waals surface area (Å²) in [5.41, 5.74) is 0.413. The van der Waals surface area contributed by atoms with Crippen molar-refractivity contribution in [3.05, 3.63) is 23.9 Å². The number of ether oxygens (including phenoxy) is 1. The van der Waals surface area contributed by atoms with E-state index < -0.39 is 11.9 Å². The summed E-state index contributed by atoms with van der Waals surface area (Å²) in [7, 11) is 0. The average molecular weight is 376 g/mol. The second kappa shape index (κ2) is 8.24. The van der Waals surface area contributed by atoms with Crippen LogP contribution in [0.5, 0.6) is 0 Å². The lowest BCUT2D eigenvalue weighted by Crippen LogP contribution is -2.62. The van der Waals surface area contributed by atoms with Gasteiger partial charge in [0.1, 0.15) is 5.82 Å². The fourth-order valence-corrected chi connectivity index (χ4v) is 3.26. The summed E-state index contributed by atoms with van der Waals surface area (Å²) in [6.45, 7) is 4.29. The molecule has 0 aromatic carbocycles. The molecule has 0 radical (unpaired) electrons. The van der Waals surface area contributed by atoms with Gasteiger partial charge in [-0.2, -0.15) is 0 Å². The molecule has 3 rings (SSSR count). The zero-order valence-corrected chi connectivity index (χ0v) is 15.3. The maximum atomic E-state index is 12.3. The summed E-state index contributed by atoms with van der Waals surface area (Å²) in [5, 5.41) is 12.0. The minimum Gasteiger partial charge on any atom is -0.481 e. The molecule has 0 saturated carbocycles. The number of carboxylic acids is 1. The van der Waals surface area contributed by atoms with Crippen LogP contribution in [0.1, 0.15) is 30.1 Å². The Morgan fingerprint density at radius 2 is 1.96 bits per heavy atom. The third-order valence-electron chi connectivity index (χ3n) is 4.92. The number of rotatable bonds is 5. The van der Waals surface area contributed by atoms with Crippen molar-refractivity contribution in [2.75, 3.05) is 37.7 Å². The van der Waals surface area contributed by atoms with Gasteiger partial charge in [0.25, 0.3) is 0 Å². The van der Waals surface area contributed by atoms with E-state index in [1.165, 1.54) is 6.20 Å². The van der Waals surface area contributed by atoms with Crippen molar-refractivity contribution >= 4 is 23.8 Å². The summed E-state index contributed by atoms with van der Waals surface area (Å²) >= 11 is 0. The number of carbonyl (C=O) groups excluding carboxylic acids is 2. The van der Waals surface area contributed by atoms with Gasteiger partial charge in [0.05, 0.1) is 24.1 Å². The summed E-state index contributed by atoms with van der Waals surface area (Å²) in [4.78, 5) is 42.8. The van der Waals surface area contributed by atoms with Crippen LogP contribution in [0, 0.1) is 5.92 Å². The van der Waals surface area contributed by atoms with Gasteiger partial charge >= 0.3 is 18.0 Å². The van der Waals surface area contributed by atoms with E-state index in [1.807, 2.05) is 4.90 Å². The molecule has 2 saturated heterocycles. The van der Waals surface area contributed by atoms with Gasteiger partial charge in [0, 0.05) is 32.4 Å². The summed E-state index contributed by atoms with van der Waals surface area (Å²) < 4.78 is 4.93. The first-order chi connectivity index (χ1) is 13.0. The molecule has 2 fully saturated rings. The van der Waals surface area contributed by atoms with Crippen LogP contribution >= 0.6 is 0 Å². The van der Waals surface area contributed by atoms with E-state index in [0.717, 1.165) is 5.82 Å². The molecule has 146 valence electrons. The average Bonchev–Trinajstić information content (AvgIpc) is 2.64.